The van der Waals surface area contributed by atoms with E-state index in [4.69, 9.17) is 0 Å². The molecule has 4 nitrogen and oxygen atoms in total. The second-order valence-electron chi connectivity index (χ2n) is 4.76. The molecule has 0 bridgehead atoms. The monoisotopic (exact) mass is 345 g/mol. The number of aryl methyl sites for hydroxylation is 1. The minimum atomic E-state index is -3.50. The molecule has 0 unspecified atom stereocenters. The minimum Gasteiger partial charge on any atom is -0.300 e. The van der Waals surface area contributed by atoms with Gasteiger partial charge >= 0.3 is 0 Å². The fraction of sp³-hybridized carbons (Fsp3) is 0.462. The molecule has 0 N–H and O–H groups in total. The van der Waals surface area contributed by atoms with Crippen LogP contribution in [0.2, 0.25) is 0 Å². The van der Waals surface area contributed by atoms with Gasteiger partial charge in [-0.25, -0.2) is 8.42 Å². The number of sulfonamides is 1. The van der Waals surface area contributed by atoms with Gasteiger partial charge < -0.3 is 0 Å². The van der Waals surface area contributed by atoms with E-state index in [0.717, 1.165) is 15.6 Å². The number of piperidine rings is 1. The average molecular weight is 346 g/mol. The first-order valence-electron chi connectivity index (χ1n) is 6.11. The molecule has 1 aromatic rings. The molecule has 0 aliphatic carbocycles. The zero-order valence-corrected chi connectivity index (χ0v) is 13.3. The lowest BCUT2D eigenvalue weighted by Crippen LogP contribution is -2.38. The first-order valence-corrected chi connectivity index (χ1v) is 8.35. The van der Waals surface area contributed by atoms with Crippen molar-refractivity contribution in [1.29, 1.82) is 0 Å². The van der Waals surface area contributed by atoms with Crippen LogP contribution in [-0.2, 0) is 14.8 Å². The Morgan fingerprint density at radius 3 is 2.32 bits per heavy atom. The average Bonchev–Trinajstić information content (AvgIpc) is 2.36. The maximum Gasteiger partial charge on any atom is 0.243 e. The van der Waals surface area contributed by atoms with Crippen LogP contribution in [0.25, 0.3) is 0 Å². The van der Waals surface area contributed by atoms with E-state index in [1.54, 1.807) is 19.1 Å². The van der Waals surface area contributed by atoms with E-state index in [9.17, 15) is 13.2 Å². The van der Waals surface area contributed by atoms with Gasteiger partial charge in [0, 0.05) is 30.4 Å². The van der Waals surface area contributed by atoms with Gasteiger partial charge in [-0.3, -0.25) is 4.79 Å². The summed E-state index contributed by atoms with van der Waals surface area (Å²) in [7, 11) is -3.50. The Labute approximate surface area is 122 Å². The standard InChI is InChI=1S/C13H16BrNO3S/c1-9-3-4-12(10(2)13(9)14)19(17,18)15-7-5-11(16)6-8-15/h3-4H,5-8H2,1-2H3. The molecule has 0 radical (unpaired) electrons. The van der Waals surface area contributed by atoms with Gasteiger partial charge in [-0.1, -0.05) is 22.0 Å². The van der Waals surface area contributed by atoms with Crippen molar-refractivity contribution in [1.82, 2.24) is 4.31 Å². The van der Waals surface area contributed by atoms with E-state index in [-0.39, 0.29) is 18.9 Å². The number of rotatable bonds is 2. The summed E-state index contributed by atoms with van der Waals surface area (Å²) >= 11 is 3.42. The third kappa shape index (κ3) is 2.75. The highest BCUT2D eigenvalue weighted by Crippen LogP contribution is 2.29. The van der Waals surface area contributed by atoms with Crippen molar-refractivity contribution < 1.29 is 13.2 Å². The topological polar surface area (TPSA) is 54.5 Å². The Bertz CT molecular complexity index is 615. The molecule has 104 valence electrons. The van der Waals surface area contributed by atoms with Crippen LogP contribution in [0.3, 0.4) is 0 Å². The summed E-state index contributed by atoms with van der Waals surface area (Å²) in [5.41, 5.74) is 1.72. The molecule has 19 heavy (non-hydrogen) atoms. The number of carbonyl (C=O) groups excluding carboxylic acids is 1. The number of ketones is 1. The molecule has 0 aromatic heterocycles. The second kappa shape index (κ2) is 5.34. The van der Waals surface area contributed by atoms with Crippen LogP contribution in [-0.4, -0.2) is 31.6 Å². The normalized spacial score (nSPS) is 17.7. The first kappa shape index (κ1) is 14.7. The molecule has 6 heteroatoms. The van der Waals surface area contributed by atoms with E-state index in [0.29, 0.717) is 17.7 Å². The third-order valence-electron chi connectivity index (χ3n) is 3.43. The molecule has 0 atom stereocenters. The highest BCUT2D eigenvalue weighted by Gasteiger charge is 2.30. The van der Waals surface area contributed by atoms with Crippen molar-refractivity contribution in [3.63, 3.8) is 0 Å². The smallest absolute Gasteiger partial charge is 0.243 e. The highest BCUT2D eigenvalue weighted by molar-refractivity contribution is 9.10. The molecule has 1 aliphatic rings. The zero-order chi connectivity index (χ0) is 14.2. The molecular weight excluding hydrogens is 330 g/mol. The number of nitrogens with zero attached hydrogens (tertiary/aromatic N) is 1. The Morgan fingerprint density at radius 1 is 1.16 bits per heavy atom. The predicted molar refractivity (Wildman–Crippen MR) is 76.6 cm³/mol. The lowest BCUT2D eigenvalue weighted by molar-refractivity contribution is -0.120. The summed E-state index contributed by atoms with van der Waals surface area (Å²) in [5.74, 6) is 0.133. The lowest BCUT2D eigenvalue weighted by atomic mass is 10.1. The van der Waals surface area contributed by atoms with Gasteiger partial charge in [0.15, 0.2) is 0 Å². The Balaban J connectivity index is 2.40. The van der Waals surface area contributed by atoms with Gasteiger partial charge in [-0.2, -0.15) is 4.31 Å². The summed E-state index contributed by atoms with van der Waals surface area (Å²) < 4.78 is 27.4. The number of hydrogen-bond acceptors (Lipinski definition) is 3. The van der Waals surface area contributed by atoms with Crippen LogP contribution in [0.1, 0.15) is 24.0 Å². The molecule has 1 heterocycles. The number of hydrogen-bond donors (Lipinski definition) is 0. The Morgan fingerprint density at radius 2 is 1.74 bits per heavy atom. The van der Waals surface area contributed by atoms with Gasteiger partial charge in [0.1, 0.15) is 5.78 Å². The largest absolute Gasteiger partial charge is 0.300 e. The summed E-state index contributed by atoms with van der Waals surface area (Å²) in [5, 5.41) is 0. The van der Waals surface area contributed by atoms with Gasteiger partial charge in [0.25, 0.3) is 0 Å². The van der Waals surface area contributed by atoms with Crippen molar-refractivity contribution in [3.05, 3.63) is 27.7 Å². The van der Waals surface area contributed by atoms with Gasteiger partial charge in [-0.15, -0.1) is 0 Å². The van der Waals surface area contributed by atoms with Crippen molar-refractivity contribution in [2.45, 2.75) is 31.6 Å². The van der Waals surface area contributed by atoms with E-state index in [2.05, 4.69) is 15.9 Å². The molecule has 1 aliphatic heterocycles. The lowest BCUT2D eigenvalue weighted by Gasteiger charge is -2.26. The van der Waals surface area contributed by atoms with Gasteiger partial charge in [0.2, 0.25) is 10.0 Å². The predicted octanol–water partition coefficient (Wildman–Crippen LogP) is 2.42. The van der Waals surface area contributed by atoms with Crippen LogP contribution in [0.15, 0.2) is 21.5 Å². The molecule has 0 amide bonds. The van der Waals surface area contributed by atoms with Crippen LogP contribution in [0.5, 0.6) is 0 Å². The minimum absolute atomic E-state index is 0.133. The molecule has 2 rings (SSSR count). The van der Waals surface area contributed by atoms with Gasteiger partial charge in [0.05, 0.1) is 4.90 Å². The fourth-order valence-electron chi connectivity index (χ4n) is 2.20. The molecule has 1 fully saturated rings. The molecular formula is C13H16BrNO3S. The maximum atomic E-state index is 12.6. The zero-order valence-electron chi connectivity index (χ0n) is 10.9. The number of carbonyl (C=O) groups is 1. The molecule has 0 spiro atoms. The van der Waals surface area contributed by atoms with Crippen LogP contribution < -0.4 is 0 Å². The summed E-state index contributed by atoms with van der Waals surface area (Å²) in [4.78, 5) is 11.5. The van der Waals surface area contributed by atoms with Crippen molar-refractivity contribution in [3.8, 4) is 0 Å². The maximum absolute atomic E-state index is 12.6. The SMILES string of the molecule is Cc1ccc(S(=O)(=O)N2CCC(=O)CC2)c(C)c1Br. The number of Topliss-reactive ketones (excluding diaryl/α,β-unsaturated/α-hetero) is 1. The van der Waals surface area contributed by atoms with Crippen LogP contribution in [0.4, 0.5) is 0 Å². The van der Waals surface area contributed by atoms with E-state index < -0.39 is 10.0 Å². The summed E-state index contributed by atoms with van der Waals surface area (Å²) in [6.07, 6.45) is 0.622. The quantitative estimate of drug-likeness (QED) is 0.826. The Kier molecular flexibility index (Phi) is 4.13. The third-order valence-corrected chi connectivity index (χ3v) is 6.69. The first-order chi connectivity index (χ1) is 8.84. The van der Waals surface area contributed by atoms with E-state index in [1.165, 1.54) is 4.31 Å². The van der Waals surface area contributed by atoms with Crippen molar-refractivity contribution in [2.24, 2.45) is 0 Å². The summed E-state index contributed by atoms with van der Waals surface area (Å²) in [6, 6.07) is 3.43. The van der Waals surface area contributed by atoms with Crippen LogP contribution >= 0.6 is 15.9 Å². The van der Waals surface area contributed by atoms with Gasteiger partial charge in [-0.05, 0) is 31.0 Å². The van der Waals surface area contributed by atoms with Crippen molar-refractivity contribution >= 4 is 31.7 Å². The number of halogens is 1. The van der Waals surface area contributed by atoms with E-state index >= 15 is 0 Å². The Hall–Kier alpha value is -0.720. The fourth-order valence-corrected chi connectivity index (χ4v) is 4.34. The molecule has 1 saturated heterocycles. The van der Waals surface area contributed by atoms with Crippen molar-refractivity contribution in [2.75, 3.05) is 13.1 Å². The highest BCUT2D eigenvalue weighted by atomic mass is 79.9. The van der Waals surface area contributed by atoms with E-state index in [1.807, 2.05) is 6.92 Å². The molecule has 1 aromatic carbocycles. The van der Waals surface area contributed by atoms with Crippen LogP contribution in [0, 0.1) is 13.8 Å². The molecule has 0 saturated carbocycles. The second-order valence-corrected chi connectivity index (χ2v) is 7.46. The summed E-state index contributed by atoms with van der Waals surface area (Å²) in [6.45, 7) is 4.28. The number of benzene rings is 1.